The minimum atomic E-state index is -4.65. The van der Waals surface area contributed by atoms with Crippen molar-refractivity contribution in [1.29, 1.82) is 0 Å². The number of pyridine rings is 1. The van der Waals surface area contributed by atoms with Crippen molar-refractivity contribution in [2.75, 3.05) is 6.61 Å². The molecule has 234 valence electrons. The smallest absolute Gasteiger partial charge is 0.469 e. The van der Waals surface area contributed by atoms with Gasteiger partial charge in [-0.1, -0.05) is 88.6 Å². The van der Waals surface area contributed by atoms with E-state index in [2.05, 4.69) is 29.4 Å². The molecule has 1 aromatic carbocycles. The Morgan fingerprint density at radius 1 is 0.905 bits per heavy atom. The highest BCUT2D eigenvalue weighted by atomic mass is 31.2. The Kier molecular flexibility index (Phi) is 18.8. The first kappa shape index (κ1) is 35.7. The Balaban J connectivity index is 1.63. The minimum absolute atomic E-state index is 0.137. The van der Waals surface area contributed by atoms with Gasteiger partial charge >= 0.3 is 7.82 Å². The van der Waals surface area contributed by atoms with Crippen LogP contribution in [0.25, 0.3) is 0 Å². The summed E-state index contributed by atoms with van der Waals surface area (Å²) in [5.41, 5.74) is 1.71. The van der Waals surface area contributed by atoms with Gasteiger partial charge in [0.25, 0.3) is 0 Å². The predicted octanol–water partition coefficient (Wildman–Crippen LogP) is 7.83. The number of carbonyl (C=O) groups is 1. The highest BCUT2D eigenvalue weighted by Gasteiger charge is 2.20. The number of hydrogen-bond donors (Lipinski definition) is 3. The largest absolute Gasteiger partial charge is 0.487 e. The van der Waals surface area contributed by atoms with Crippen LogP contribution in [0.15, 0.2) is 60.8 Å². The van der Waals surface area contributed by atoms with Crippen LogP contribution < -0.4 is 10.1 Å². The third-order valence-corrected chi connectivity index (χ3v) is 7.48. The number of ether oxygens (including phenoxy) is 1. The molecule has 42 heavy (non-hydrogen) atoms. The lowest BCUT2D eigenvalue weighted by molar-refractivity contribution is -0.122. The standard InChI is InChI=1S/C33H51N2O6P/c1-2-3-4-5-6-7-8-9-10-11-12-13-14-15-16-20-33(36)35-31(28-41-42(37,38)39)26-29-21-23-32(24-22-29)40-27-30-19-17-18-25-34-30/h9-10,17-19,21-25,31H,2-8,11-16,20,26-28H2,1H3,(H,35,36)(H2,37,38,39)/b10-9+. The van der Waals surface area contributed by atoms with E-state index in [4.69, 9.17) is 19.0 Å². The Labute approximate surface area is 252 Å². The maximum Gasteiger partial charge on any atom is 0.469 e. The Morgan fingerprint density at radius 2 is 1.55 bits per heavy atom. The lowest BCUT2D eigenvalue weighted by Crippen LogP contribution is -2.39. The van der Waals surface area contributed by atoms with Gasteiger partial charge in [-0.15, -0.1) is 0 Å². The molecular formula is C33H51N2O6P. The summed E-state index contributed by atoms with van der Waals surface area (Å²) < 4.78 is 21.8. The SMILES string of the molecule is CCCCCCCC/C=C/CCCCCCCC(=O)NC(COP(=O)(O)O)Cc1ccc(OCc2ccccn2)cc1. The Hall–Kier alpha value is -2.51. The van der Waals surface area contributed by atoms with Crippen molar-refractivity contribution in [2.45, 2.75) is 116 Å². The highest BCUT2D eigenvalue weighted by molar-refractivity contribution is 7.46. The number of nitrogens with one attached hydrogen (secondary N) is 1. The number of hydrogen-bond acceptors (Lipinski definition) is 5. The van der Waals surface area contributed by atoms with E-state index >= 15 is 0 Å². The van der Waals surface area contributed by atoms with Gasteiger partial charge in [-0.25, -0.2) is 4.57 Å². The molecule has 0 bridgehead atoms. The van der Waals surface area contributed by atoms with Crippen molar-refractivity contribution in [3.63, 3.8) is 0 Å². The molecule has 3 N–H and O–H groups in total. The fourth-order valence-electron chi connectivity index (χ4n) is 4.64. The second kappa shape index (κ2) is 22.1. The average Bonchev–Trinajstić information content (AvgIpc) is 2.97. The van der Waals surface area contributed by atoms with Gasteiger partial charge < -0.3 is 19.8 Å². The van der Waals surface area contributed by atoms with E-state index in [9.17, 15) is 9.36 Å². The molecule has 1 aromatic heterocycles. The maximum absolute atomic E-state index is 12.6. The number of allylic oxidation sites excluding steroid dienone is 2. The summed E-state index contributed by atoms with van der Waals surface area (Å²) in [7, 11) is -4.65. The van der Waals surface area contributed by atoms with Crippen LogP contribution in [0.2, 0.25) is 0 Å². The summed E-state index contributed by atoms with van der Waals surface area (Å²) in [5, 5.41) is 2.89. The summed E-state index contributed by atoms with van der Waals surface area (Å²) >= 11 is 0. The van der Waals surface area contributed by atoms with E-state index in [1.807, 2.05) is 42.5 Å². The first-order chi connectivity index (χ1) is 20.4. The predicted molar refractivity (Wildman–Crippen MR) is 168 cm³/mol. The van der Waals surface area contributed by atoms with E-state index in [1.165, 1.54) is 51.4 Å². The number of phosphoric acid groups is 1. The number of nitrogens with zero attached hydrogens (tertiary/aromatic N) is 1. The van der Waals surface area contributed by atoms with Gasteiger partial charge in [-0.05, 0) is 68.4 Å². The number of amides is 1. The second-order valence-corrected chi connectivity index (χ2v) is 12.1. The lowest BCUT2D eigenvalue weighted by atomic mass is 10.1. The van der Waals surface area contributed by atoms with Crippen LogP contribution in [0.5, 0.6) is 5.75 Å². The van der Waals surface area contributed by atoms with Gasteiger partial charge in [0.15, 0.2) is 0 Å². The molecule has 1 atom stereocenters. The molecule has 9 heteroatoms. The van der Waals surface area contributed by atoms with Crippen LogP contribution >= 0.6 is 7.82 Å². The summed E-state index contributed by atoms with van der Waals surface area (Å²) in [5.74, 6) is 0.544. The normalized spacial score (nSPS) is 12.5. The molecule has 2 aromatic rings. The molecule has 1 amide bonds. The third kappa shape index (κ3) is 18.8. The molecule has 0 radical (unpaired) electrons. The van der Waals surface area contributed by atoms with E-state index in [-0.39, 0.29) is 12.5 Å². The maximum atomic E-state index is 12.6. The number of phosphoric ester groups is 1. The highest BCUT2D eigenvalue weighted by Crippen LogP contribution is 2.35. The zero-order valence-electron chi connectivity index (χ0n) is 25.3. The summed E-state index contributed by atoms with van der Waals surface area (Å²) in [6, 6.07) is 12.5. The molecule has 0 fully saturated rings. The zero-order chi connectivity index (χ0) is 30.3. The van der Waals surface area contributed by atoms with Crippen molar-refractivity contribution >= 4 is 13.7 Å². The summed E-state index contributed by atoms with van der Waals surface area (Å²) in [6.07, 6.45) is 22.6. The molecule has 8 nitrogen and oxygen atoms in total. The average molecular weight is 603 g/mol. The quantitative estimate of drug-likeness (QED) is 0.0636. The fourth-order valence-corrected chi connectivity index (χ4v) is 5.02. The van der Waals surface area contributed by atoms with Crippen molar-refractivity contribution in [3.8, 4) is 5.75 Å². The number of rotatable bonds is 24. The van der Waals surface area contributed by atoms with E-state index in [0.29, 0.717) is 25.2 Å². The topological polar surface area (TPSA) is 118 Å². The zero-order valence-corrected chi connectivity index (χ0v) is 26.2. The van der Waals surface area contributed by atoms with Gasteiger partial charge in [0.1, 0.15) is 12.4 Å². The second-order valence-electron chi connectivity index (χ2n) is 10.8. The van der Waals surface area contributed by atoms with Crippen LogP contribution in [0.4, 0.5) is 0 Å². The summed E-state index contributed by atoms with van der Waals surface area (Å²) in [4.78, 5) is 35.1. The van der Waals surface area contributed by atoms with Crippen LogP contribution in [0, 0.1) is 0 Å². The molecule has 1 unspecified atom stereocenters. The molecule has 0 aliphatic rings. The van der Waals surface area contributed by atoms with Crippen molar-refractivity contribution in [1.82, 2.24) is 10.3 Å². The Bertz CT molecular complexity index is 1040. The van der Waals surface area contributed by atoms with Crippen LogP contribution in [-0.4, -0.2) is 33.3 Å². The molecule has 0 aliphatic heterocycles. The molecular weight excluding hydrogens is 551 g/mol. The number of aromatic nitrogens is 1. The molecule has 0 spiro atoms. The van der Waals surface area contributed by atoms with E-state index in [0.717, 1.165) is 43.4 Å². The van der Waals surface area contributed by atoms with Gasteiger partial charge in [-0.3, -0.25) is 14.3 Å². The Morgan fingerprint density at radius 3 is 2.17 bits per heavy atom. The van der Waals surface area contributed by atoms with E-state index in [1.54, 1.807) is 6.20 Å². The monoisotopic (exact) mass is 602 g/mol. The molecule has 1 heterocycles. The van der Waals surface area contributed by atoms with Crippen LogP contribution in [-0.2, 0) is 26.9 Å². The van der Waals surface area contributed by atoms with E-state index < -0.39 is 13.9 Å². The first-order valence-corrected chi connectivity index (χ1v) is 17.1. The van der Waals surface area contributed by atoms with Gasteiger partial charge in [0.2, 0.25) is 5.91 Å². The van der Waals surface area contributed by atoms with Crippen molar-refractivity contribution in [2.24, 2.45) is 0 Å². The third-order valence-electron chi connectivity index (χ3n) is 6.99. The van der Waals surface area contributed by atoms with Crippen molar-refractivity contribution in [3.05, 3.63) is 72.1 Å². The molecule has 2 rings (SSSR count). The number of unbranched alkanes of at least 4 members (excludes halogenated alkanes) is 11. The lowest BCUT2D eigenvalue weighted by Gasteiger charge is -2.19. The van der Waals surface area contributed by atoms with Gasteiger partial charge in [-0.2, -0.15) is 0 Å². The number of carbonyl (C=O) groups excluding carboxylic acids is 1. The minimum Gasteiger partial charge on any atom is -0.487 e. The first-order valence-electron chi connectivity index (χ1n) is 15.6. The van der Waals surface area contributed by atoms with Crippen LogP contribution in [0.3, 0.4) is 0 Å². The molecule has 0 aliphatic carbocycles. The summed E-state index contributed by atoms with van der Waals surface area (Å²) in [6.45, 7) is 2.32. The molecule has 0 saturated carbocycles. The van der Waals surface area contributed by atoms with Gasteiger partial charge in [0, 0.05) is 12.6 Å². The van der Waals surface area contributed by atoms with Crippen molar-refractivity contribution < 1.29 is 28.4 Å². The molecule has 0 saturated heterocycles. The van der Waals surface area contributed by atoms with Crippen LogP contribution in [0.1, 0.15) is 108 Å². The fraction of sp³-hybridized carbons (Fsp3) is 0.576. The number of benzene rings is 1. The van der Waals surface area contributed by atoms with Gasteiger partial charge in [0.05, 0.1) is 18.3 Å².